The smallest absolute Gasteiger partial charge is 0.185 e. The van der Waals surface area contributed by atoms with Crippen LogP contribution in [-0.4, -0.2) is 29.2 Å². The van der Waals surface area contributed by atoms with Crippen molar-refractivity contribution in [2.45, 2.75) is 44.4 Å². The van der Waals surface area contributed by atoms with E-state index in [2.05, 4.69) is 0 Å². The van der Waals surface area contributed by atoms with Crippen LogP contribution >= 0.6 is 0 Å². The second-order valence-corrected chi connectivity index (χ2v) is 3.69. The molecule has 0 radical (unpaired) electrons. The SMILES string of the molecule is C[C@@H]1C[C@@H]2O[C@@](C)(C=C[C@H]2O)O1. The van der Waals surface area contributed by atoms with Crippen LogP contribution in [0.5, 0.6) is 0 Å². The van der Waals surface area contributed by atoms with E-state index in [9.17, 15) is 5.11 Å². The Morgan fingerprint density at radius 2 is 2.25 bits per heavy atom. The highest BCUT2D eigenvalue weighted by atomic mass is 16.7. The highest BCUT2D eigenvalue weighted by molar-refractivity contribution is 5.07. The second-order valence-electron chi connectivity index (χ2n) is 3.69. The number of hydrogen-bond acceptors (Lipinski definition) is 3. The maximum Gasteiger partial charge on any atom is 0.185 e. The van der Waals surface area contributed by atoms with Crippen molar-refractivity contribution in [3.05, 3.63) is 12.2 Å². The molecule has 2 rings (SSSR count). The molecule has 2 heterocycles. The van der Waals surface area contributed by atoms with E-state index in [0.29, 0.717) is 0 Å². The Kier molecular flexibility index (Phi) is 1.75. The summed E-state index contributed by atoms with van der Waals surface area (Å²) in [5.74, 6) is -0.610. The zero-order valence-electron chi connectivity index (χ0n) is 7.36. The Balaban J connectivity index is 2.23. The van der Waals surface area contributed by atoms with Gasteiger partial charge in [0.15, 0.2) is 5.79 Å². The Morgan fingerprint density at radius 1 is 1.50 bits per heavy atom. The summed E-state index contributed by atoms with van der Waals surface area (Å²) in [6.45, 7) is 3.87. The van der Waals surface area contributed by atoms with Gasteiger partial charge in [0.25, 0.3) is 0 Å². The summed E-state index contributed by atoms with van der Waals surface area (Å²) in [7, 11) is 0. The topological polar surface area (TPSA) is 38.7 Å². The summed E-state index contributed by atoms with van der Waals surface area (Å²) in [5.41, 5.74) is 0. The van der Waals surface area contributed by atoms with Crippen molar-refractivity contribution in [2.75, 3.05) is 0 Å². The lowest BCUT2D eigenvalue weighted by Crippen LogP contribution is -2.51. The minimum atomic E-state index is -0.610. The molecule has 3 nitrogen and oxygen atoms in total. The van der Waals surface area contributed by atoms with E-state index in [4.69, 9.17) is 9.47 Å². The van der Waals surface area contributed by atoms with Crippen LogP contribution in [0.4, 0.5) is 0 Å². The molecular formula is C9H14O3. The van der Waals surface area contributed by atoms with Crippen LogP contribution in [0, 0.1) is 0 Å². The molecule has 1 saturated heterocycles. The van der Waals surface area contributed by atoms with Gasteiger partial charge >= 0.3 is 0 Å². The van der Waals surface area contributed by atoms with Crippen LogP contribution < -0.4 is 0 Å². The fraction of sp³-hybridized carbons (Fsp3) is 0.778. The van der Waals surface area contributed by atoms with E-state index in [1.807, 2.05) is 13.8 Å². The van der Waals surface area contributed by atoms with E-state index in [1.54, 1.807) is 12.2 Å². The summed E-state index contributed by atoms with van der Waals surface area (Å²) in [6, 6.07) is 0. The Morgan fingerprint density at radius 3 is 3.00 bits per heavy atom. The van der Waals surface area contributed by atoms with Crippen LogP contribution in [-0.2, 0) is 9.47 Å². The summed E-state index contributed by atoms with van der Waals surface area (Å²) in [5, 5.41) is 9.49. The number of fused-ring (bicyclic) bond motifs is 2. The molecule has 2 bridgehead atoms. The largest absolute Gasteiger partial charge is 0.386 e. The molecule has 12 heavy (non-hydrogen) atoms. The van der Waals surface area contributed by atoms with Crippen molar-refractivity contribution >= 4 is 0 Å². The number of ether oxygens (including phenoxy) is 2. The van der Waals surface area contributed by atoms with Gasteiger partial charge in [-0.25, -0.2) is 0 Å². The highest BCUT2D eigenvalue weighted by Gasteiger charge is 2.41. The predicted octanol–water partition coefficient (Wildman–Crippen LogP) is 0.827. The van der Waals surface area contributed by atoms with Gasteiger partial charge in [0.2, 0.25) is 0 Å². The third kappa shape index (κ3) is 1.28. The van der Waals surface area contributed by atoms with Gasteiger partial charge in [0.1, 0.15) is 0 Å². The molecule has 2 aliphatic heterocycles. The molecule has 0 aromatic rings. The molecular weight excluding hydrogens is 156 g/mol. The maximum atomic E-state index is 9.49. The van der Waals surface area contributed by atoms with Crippen LogP contribution in [0.1, 0.15) is 20.3 Å². The maximum absolute atomic E-state index is 9.49. The van der Waals surface area contributed by atoms with Crippen molar-refractivity contribution in [2.24, 2.45) is 0 Å². The average molecular weight is 170 g/mol. The fourth-order valence-corrected chi connectivity index (χ4v) is 1.84. The van der Waals surface area contributed by atoms with Gasteiger partial charge in [0.05, 0.1) is 18.3 Å². The molecule has 4 atom stereocenters. The predicted molar refractivity (Wildman–Crippen MR) is 43.6 cm³/mol. The molecule has 1 fully saturated rings. The van der Waals surface area contributed by atoms with Gasteiger partial charge in [-0.05, 0) is 19.9 Å². The zero-order chi connectivity index (χ0) is 8.77. The highest BCUT2D eigenvalue weighted by Crippen LogP contribution is 2.33. The van der Waals surface area contributed by atoms with Crippen LogP contribution in [0.25, 0.3) is 0 Å². The molecule has 1 N–H and O–H groups in total. The molecule has 0 aliphatic carbocycles. The minimum absolute atomic E-state index is 0.0938. The molecule has 3 heteroatoms. The quantitative estimate of drug-likeness (QED) is 0.547. The lowest BCUT2D eigenvalue weighted by atomic mass is 9.99. The van der Waals surface area contributed by atoms with Crippen molar-refractivity contribution < 1.29 is 14.6 Å². The normalized spacial score (nSPS) is 52.4. The standard InChI is InChI=1S/C9H14O3/c1-6-5-8-7(10)3-4-9(2,11-6)12-8/h3-4,6-8,10H,5H2,1-2H3/t6-,7-,8+,9+/m1/s1. The first-order chi connectivity index (χ1) is 5.59. The zero-order valence-corrected chi connectivity index (χ0v) is 7.36. The van der Waals surface area contributed by atoms with Crippen molar-refractivity contribution in [1.82, 2.24) is 0 Å². The first-order valence-corrected chi connectivity index (χ1v) is 4.32. The number of aliphatic hydroxyl groups is 1. The molecule has 0 amide bonds. The van der Waals surface area contributed by atoms with Gasteiger partial charge in [-0.1, -0.05) is 6.08 Å². The van der Waals surface area contributed by atoms with Gasteiger partial charge in [-0.2, -0.15) is 0 Å². The molecule has 0 unspecified atom stereocenters. The summed E-state index contributed by atoms with van der Waals surface area (Å²) >= 11 is 0. The molecule has 0 aromatic carbocycles. The second kappa shape index (κ2) is 2.55. The first-order valence-electron chi connectivity index (χ1n) is 4.32. The third-order valence-electron chi connectivity index (χ3n) is 2.36. The van der Waals surface area contributed by atoms with E-state index in [0.717, 1.165) is 6.42 Å². The summed E-state index contributed by atoms with van der Waals surface area (Å²) < 4.78 is 11.1. The lowest BCUT2D eigenvalue weighted by Gasteiger charge is -2.44. The van der Waals surface area contributed by atoms with E-state index in [1.165, 1.54) is 0 Å². The molecule has 0 saturated carbocycles. The Labute approximate surface area is 72.0 Å². The molecule has 2 aliphatic rings. The molecule has 0 aromatic heterocycles. The van der Waals surface area contributed by atoms with Gasteiger partial charge in [-0.15, -0.1) is 0 Å². The van der Waals surface area contributed by atoms with Gasteiger partial charge in [0, 0.05) is 6.42 Å². The number of hydrogen-bond donors (Lipinski definition) is 1. The monoisotopic (exact) mass is 170 g/mol. The fourth-order valence-electron chi connectivity index (χ4n) is 1.84. The first kappa shape index (κ1) is 8.23. The van der Waals surface area contributed by atoms with Crippen LogP contribution in [0.15, 0.2) is 12.2 Å². The molecule has 0 spiro atoms. The Hall–Kier alpha value is -0.380. The van der Waals surface area contributed by atoms with E-state index >= 15 is 0 Å². The lowest BCUT2D eigenvalue weighted by molar-refractivity contribution is -0.297. The summed E-state index contributed by atoms with van der Waals surface area (Å²) in [6.07, 6.45) is 3.90. The van der Waals surface area contributed by atoms with Crippen LogP contribution in [0.2, 0.25) is 0 Å². The number of rotatable bonds is 0. The average Bonchev–Trinajstić information content (AvgIpc) is 1.96. The minimum Gasteiger partial charge on any atom is -0.386 e. The van der Waals surface area contributed by atoms with Crippen molar-refractivity contribution in [3.8, 4) is 0 Å². The van der Waals surface area contributed by atoms with Gasteiger partial charge in [-0.3, -0.25) is 0 Å². The number of aliphatic hydroxyl groups excluding tert-OH is 1. The van der Waals surface area contributed by atoms with E-state index in [-0.39, 0.29) is 12.2 Å². The van der Waals surface area contributed by atoms with Crippen molar-refractivity contribution in [3.63, 3.8) is 0 Å². The van der Waals surface area contributed by atoms with Crippen molar-refractivity contribution in [1.29, 1.82) is 0 Å². The van der Waals surface area contributed by atoms with Crippen LogP contribution in [0.3, 0.4) is 0 Å². The summed E-state index contributed by atoms with van der Waals surface area (Å²) in [4.78, 5) is 0. The van der Waals surface area contributed by atoms with E-state index < -0.39 is 11.9 Å². The third-order valence-corrected chi connectivity index (χ3v) is 2.36. The van der Waals surface area contributed by atoms with Gasteiger partial charge < -0.3 is 14.6 Å². The molecule has 68 valence electrons. The Bertz CT molecular complexity index is 214.